The van der Waals surface area contributed by atoms with Crippen LogP contribution in [0.4, 0.5) is 11.4 Å². The third-order valence-corrected chi connectivity index (χ3v) is 2.92. The molecule has 7 heteroatoms. The lowest BCUT2D eigenvalue weighted by atomic mass is 10.1. The van der Waals surface area contributed by atoms with Gasteiger partial charge in [0.25, 0.3) is 5.91 Å². The monoisotopic (exact) mass is 308 g/mol. The Balaban J connectivity index is 2.07. The normalized spacial score (nSPS) is 9.52. The summed E-state index contributed by atoms with van der Waals surface area (Å²) in [6, 6.07) is 14.1. The van der Waals surface area contributed by atoms with Crippen LogP contribution in [0.1, 0.15) is 15.9 Å². The SMILES string of the molecule is N#Cc1ccc(NC(=O)C(=O)Nc2ccccc2C(N)=O)cc1. The largest absolute Gasteiger partial charge is 0.366 e. The molecule has 3 amide bonds. The van der Waals surface area contributed by atoms with Gasteiger partial charge < -0.3 is 16.4 Å². The summed E-state index contributed by atoms with van der Waals surface area (Å²) < 4.78 is 0. The number of carbonyl (C=O) groups excluding carboxylic acids is 3. The van der Waals surface area contributed by atoms with Crippen molar-refractivity contribution in [2.75, 3.05) is 10.6 Å². The molecule has 0 unspecified atom stereocenters. The number of amides is 3. The summed E-state index contributed by atoms with van der Waals surface area (Å²) >= 11 is 0. The van der Waals surface area contributed by atoms with Gasteiger partial charge in [-0.15, -0.1) is 0 Å². The minimum atomic E-state index is -0.942. The van der Waals surface area contributed by atoms with Gasteiger partial charge in [-0.05, 0) is 36.4 Å². The van der Waals surface area contributed by atoms with Crippen molar-refractivity contribution in [3.63, 3.8) is 0 Å². The van der Waals surface area contributed by atoms with Gasteiger partial charge in [0.2, 0.25) is 0 Å². The molecule has 0 radical (unpaired) electrons. The summed E-state index contributed by atoms with van der Waals surface area (Å²) in [4.78, 5) is 35.0. The van der Waals surface area contributed by atoms with Crippen LogP contribution in [0.15, 0.2) is 48.5 Å². The molecule has 0 saturated carbocycles. The van der Waals surface area contributed by atoms with Crippen LogP contribution in [-0.4, -0.2) is 17.7 Å². The van der Waals surface area contributed by atoms with Gasteiger partial charge in [0.1, 0.15) is 0 Å². The van der Waals surface area contributed by atoms with Crippen molar-refractivity contribution < 1.29 is 14.4 Å². The maximum Gasteiger partial charge on any atom is 0.314 e. The van der Waals surface area contributed by atoms with Crippen LogP contribution in [0.2, 0.25) is 0 Å². The summed E-state index contributed by atoms with van der Waals surface area (Å²) in [5.41, 5.74) is 6.26. The molecule has 23 heavy (non-hydrogen) atoms. The first-order valence-electron chi connectivity index (χ1n) is 6.52. The maximum atomic E-state index is 11.9. The molecule has 0 atom stereocenters. The first kappa shape index (κ1) is 15.7. The van der Waals surface area contributed by atoms with E-state index in [1.54, 1.807) is 12.1 Å². The smallest absolute Gasteiger partial charge is 0.314 e. The van der Waals surface area contributed by atoms with Crippen LogP contribution < -0.4 is 16.4 Å². The van der Waals surface area contributed by atoms with E-state index in [2.05, 4.69) is 10.6 Å². The van der Waals surface area contributed by atoms with E-state index in [9.17, 15) is 14.4 Å². The number of nitrogens with one attached hydrogen (secondary N) is 2. The van der Waals surface area contributed by atoms with Crippen LogP contribution in [0, 0.1) is 11.3 Å². The molecular weight excluding hydrogens is 296 g/mol. The molecule has 4 N–H and O–H groups in total. The molecule has 7 nitrogen and oxygen atoms in total. The Morgan fingerprint density at radius 3 is 2.13 bits per heavy atom. The zero-order valence-electron chi connectivity index (χ0n) is 11.9. The van der Waals surface area contributed by atoms with Crippen molar-refractivity contribution in [3.05, 3.63) is 59.7 Å². The van der Waals surface area contributed by atoms with Crippen molar-refractivity contribution in [1.82, 2.24) is 0 Å². The zero-order valence-corrected chi connectivity index (χ0v) is 11.9. The number of hydrogen-bond donors (Lipinski definition) is 3. The van der Waals surface area contributed by atoms with E-state index < -0.39 is 17.7 Å². The number of nitrogens with zero attached hydrogens (tertiary/aromatic N) is 1. The lowest BCUT2D eigenvalue weighted by molar-refractivity contribution is -0.133. The Bertz CT molecular complexity index is 807. The molecule has 0 fully saturated rings. The fourth-order valence-electron chi connectivity index (χ4n) is 1.80. The summed E-state index contributed by atoms with van der Waals surface area (Å²) in [7, 11) is 0. The zero-order chi connectivity index (χ0) is 16.8. The highest BCUT2D eigenvalue weighted by molar-refractivity contribution is 6.44. The molecule has 0 heterocycles. The fraction of sp³-hybridized carbons (Fsp3) is 0. The Kier molecular flexibility index (Phi) is 4.69. The maximum absolute atomic E-state index is 11.9. The third kappa shape index (κ3) is 3.92. The predicted molar refractivity (Wildman–Crippen MR) is 83.4 cm³/mol. The number of carbonyl (C=O) groups is 3. The first-order valence-corrected chi connectivity index (χ1v) is 6.52. The Morgan fingerprint density at radius 1 is 0.913 bits per heavy atom. The van der Waals surface area contributed by atoms with Crippen LogP contribution in [0.3, 0.4) is 0 Å². The number of para-hydroxylation sites is 1. The molecule has 0 aliphatic carbocycles. The van der Waals surface area contributed by atoms with E-state index in [0.29, 0.717) is 11.3 Å². The molecule has 0 aromatic heterocycles. The lowest BCUT2D eigenvalue weighted by Gasteiger charge is -2.09. The van der Waals surface area contributed by atoms with Gasteiger partial charge in [-0.2, -0.15) is 5.26 Å². The van der Waals surface area contributed by atoms with Gasteiger partial charge in [0.05, 0.1) is 22.9 Å². The van der Waals surface area contributed by atoms with Crippen molar-refractivity contribution in [2.24, 2.45) is 5.73 Å². The summed E-state index contributed by atoms with van der Waals surface area (Å²) in [6.07, 6.45) is 0. The Labute approximate surface area is 131 Å². The fourth-order valence-corrected chi connectivity index (χ4v) is 1.80. The topological polar surface area (TPSA) is 125 Å². The number of nitrogens with two attached hydrogens (primary N) is 1. The van der Waals surface area contributed by atoms with E-state index in [1.807, 2.05) is 6.07 Å². The third-order valence-electron chi connectivity index (χ3n) is 2.92. The number of rotatable bonds is 3. The second-order valence-corrected chi connectivity index (χ2v) is 4.51. The molecule has 0 aliphatic heterocycles. The van der Waals surface area contributed by atoms with Gasteiger partial charge >= 0.3 is 11.8 Å². The van der Waals surface area contributed by atoms with Crippen molar-refractivity contribution in [1.29, 1.82) is 5.26 Å². The van der Waals surface area contributed by atoms with Gasteiger partial charge in [-0.3, -0.25) is 14.4 Å². The van der Waals surface area contributed by atoms with E-state index in [-0.39, 0.29) is 11.3 Å². The molecule has 0 aliphatic rings. The highest BCUT2D eigenvalue weighted by Crippen LogP contribution is 2.14. The van der Waals surface area contributed by atoms with Crippen molar-refractivity contribution >= 4 is 29.1 Å². The van der Waals surface area contributed by atoms with Gasteiger partial charge in [-0.25, -0.2) is 0 Å². The van der Waals surface area contributed by atoms with E-state index >= 15 is 0 Å². The van der Waals surface area contributed by atoms with Crippen LogP contribution >= 0.6 is 0 Å². The first-order chi connectivity index (χ1) is 11.0. The summed E-state index contributed by atoms with van der Waals surface area (Å²) in [5, 5.41) is 13.4. The molecule has 2 aromatic carbocycles. The average Bonchev–Trinajstić information content (AvgIpc) is 2.55. The molecule has 2 aromatic rings. The number of primary amides is 1. The highest BCUT2D eigenvalue weighted by atomic mass is 16.2. The number of hydrogen-bond acceptors (Lipinski definition) is 4. The molecule has 0 bridgehead atoms. The minimum absolute atomic E-state index is 0.104. The summed E-state index contributed by atoms with van der Waals surface area (Å²) in [6.45, 7) is 0. The van der Waals surface area contributed by atoms with E-state index in [0.717, 1.165) is 0 Å². The summed E-state index contributed by atoms with van der Waals surface area (Å²) in [5.74, 6) is -2.56. The highest BCUT2D eigenvalue weighted by Gasteiger charge is 2.16. The van der Waals surface area contributed by atoms with Crippen molar-refractivity contribution in [2.45, 2.75) is 0 Å². The van der Waals surface area contributed by atoms with Crippen LogP contribution in [-0.2, 0) is 9.59 Å². The number of nitriles is 1. The van der Waals surface area contributed by atoms with Gasteiger partial charge in [0.15, 0.2) is 0 Å². The molecule has 2 rings (SSSR count). The van der Waals surface area contributed by atoms with Crippen LogP contribution in [0.5, 0.6) is 0 Å². The van der Waals surface area contributed by atoms with Crippen LogP contribution in [0.25, 0.3) is 0 Å². The van der Waals surface area contributed by atoms with Gasteiger partial charge in [-0.1, -0.05) is 12.1 Å². The predicted octanol–water partition coefficient (Wildman–Crippen LogP) is 1.23. The molecular formula is C16H12N4O3. The second kappa shape index (κ2) is 6.87. The quantitative estimate of drug-likeness (QED) is 0.737. The number of anilines is 2. The van der Waals surface area contributed by atoms with E-state index in [1.165, 1.54) is 36.4 Å². The van der Waals surface area contributed by atoms with Gasteiger partial charge in [0, 0.05) is 5.69 Å². The van der Waals surface area contributed by atoms with E-state index in [4.69, 9.17) is 11.0 Å². The number of benzene rings is 2. The second-order valence-electron chi connectivity index (χ2n) is 4.51. The Hall–Kier alpha value is -3.66. The molecule has 114 valence electrons. The Morgan fingerprint density at radius 2 is 1.52 bits per heavy atom. The standard InChI is InChI=1S/C16H12N4O3/c17-9-10-5-7-11(8-6-10)19-15(22)16(23)20-13-4-2-1-3-12(13)14(18)21/h1-8H,(H2,18,21)(H,19,22)(H,20,23). The minimum Gasteiger partial charge on any atom is -0.366 e. The lowest BCUT2D eigenvalue weighted by Crippen LogP contribution is -2.30. The molecule has 0 saturated heterocycles. The van der Waals surface area contributed by atoms with Crippen molar-refractivity contribution in [3.8, 4) is 6.07 Å². The average molecular weight is 308 g/mol. The molecule has 0 spiro atoms.